The molecule has 0 bridgehead atoms. The highest BCUT2D eigenvalue weighted by Crippen LogP contribution is 2.38. The number of piperidine rings is 1. The number of amides is 2. The van der Waals surface area contributed by atoms with Crippen LogP contribution in [0.4, 0.5) is 10.1 Å². The molecule has 0 atom stereocenters. The maximum absolute atomic E-state index is 15.1. The molecule has 3 N–H and O–H groups in total. The van der Waals surface area contributed by atoms with Crippen molar-refractivity contribution in [3.8, 4) is 23.0 Å². The van der Waals surface area contributed by atoms with Gasteiger partial charge in [0.15, 0.2) is 23.1 Å². The lowest BCUT2D eigenvalue weighted by molar-refractivity contribution is -0.136. The van der Waals surface area contributed by atoms with Crippen LogP contribution in [0, 0.1) is 11.7 Å². The maximum atomic E-state index is 15.1. The molecule has 9 nitrogen and oxygen atoms in total. The number of rotatable bonds is 11. The molecule has 3 aromatic carbocycles. The van der Waals surface area contributed by atoms with Crippen LogP contribution >= 0.6 is 0 Å². The van der Waals surface area contributed by atoms with Gasteiger partial charge in [0.1, 0.15) is 5.75 Å². The minimum Gasteiger partial charge on any atom is -0.493 e. The van der Waals surface area contributed by atoms with Gasteiger partial charge < -0.3 is 30.2 Å². The second-order valence-corrected chi connectivity index (χ2v) is 11.0. The number of aromatic nitrogens is 1. The van der Waals surface area contributed by atoms with E-state index in [1.807, 2.05) is 31.2 Å². The molecule has 234 valence electrons. The van der Waals surface area contributed by atoms with Crippen LogP contribution in [-0.4, -0.2) is 50.1 Å². The van der Waals surface area contributed by atoms with E-state index in [9.17, 15) is 9.59 Å². The van der Waals surface area contributed by atoms with E-state index in [-0.39, 0.29) is 18.0 Å². The number of nitrogens with one attached hydrogen (secondary N) is 3. The molecule has 0 unspecified atom stereocenters. The van der Waals surface area contributed by atoms with Gasteiger partial charge >= 0.3 is 11.8 Å². The van der Waals surface area contributed by atoms with E-state index in [0.717, 1.165) is 48.7 Å². The predicted molar refractivity (Wildman–Crippen MR) is 172 cm³/mol. The second-order valence-electron chi connectivity index (χ2n) is 11.0. The molecule has 1 aliphatic rings. The summed E-state index contributed by atoms with van der Waals surface area (Å²) >= 11 is 0. The molecule has 1 saturated heterocycles. The normalized spacial score (nSPS) is 13.2. The fourth-order valence-electron chi connectivity index (χ4n) is 5.07. The number of pyridine rings is 1. The molecule has 45 heavy (non-hydrogen) atoms. The third kappa shape index (κ3) is 8.16. The van der Waals surface area contributed by atoms with E-state index in [0.29, 0.717) is 47.1 Å². The minimum atomic E-state index is -0.897. The van der Waals surface area contributed by atoms with Crippen LogP contribution in [0.2, 0.25) is 0 Å². The molecule has 0 aliphatic carbocycles. The van der Waals surface area contributed by atoms with Gasteiger partial charge in [-0.3, -0.25) is 14.6 Å². The van der Waals surface area contributed by atoms with Crippen LogP contribution in [0.3, 0.4) is 0 Å². The molecule has 0 spiro atoms. The van der Waals surface area contributed by atoms with Gasteiger partial charge in [-0.25, -0.2) is 4.39 Å². The van der Waals surface area contributed by atoms with E-state index in [1.165, 1.54) is 12.1 Å². The lowest BCUT2D eigenvalue weighted by Gasteiger charge is -2.23. The van der Waals surface area contributed by atoms with Gasteiger partial charge in [-0.15, -0.1) is 0 Å². The Bertz CT molecular complexity index is 1690. The van der Waals surface area contributed by atoms with Crippen molar-refractivity contribution in [2.45, 2.75) is 26.2 Å². The SMILES string of the molecule is C=C(C)c1ccc(CCNC(=O)C(=O)Nc2ccc(Oc3ccnc4cc(OCC5CCNCC5)c(OC)cc34)c(F)c2)cc1. The zero-order valence-electron chi connectivity index (χ0n) is 25.5. The second kappa shape index (κ2) is 14.7. The summed E-state index contributed by atoms with van der Waals surface area (Å²) in [5.74, 6) is -0.551. The quantitative estimate of drug-likeness (QED) is 0.181. The molecule has 0 saturated carbocycles. The molecule has 10 heteroatoms. The lowest BCUT2D eigenvalue weighted by atomic mass is 9.99. The third-order valence-electron chi connectivity index (χ3n) is 7.68. The van der Waals surface area contributed by atoms with Crippen LogP contribution in [0.1, 0.15) is 30.9 Å². The molecule has 0 radical (unpaired) electrons. The summed E-state index contributed by atoms with van der Waals surface area (Å²) in [5.41, 5.74) is 3.75. The zero-order valence-corrected chi connectivity index (χ0v) is 25.5. The van der Waals surface area contributed by atoms with Gasteiger partial charge in [-0.2, -0.15) is 0 Å². The summed E-state index contributed by atoms with van der Waals surface area (Å²) in [5, 5.41) is 8.98. The highest BCUT2D eigenvalue weighted by atomic mass is 19.1. The first-order chi connectivity index (χ1) is 21.8. The number of ether oxygens (including phenoxy) is 3. The Hall–Kier alpha value is -4.96. The lowest BCUT2D eigenvalue weighted by Crippen LogP contribution is -2.36. The fourth-order valence-corrected chi connectivity index (χ4v) is 5.07. The standard InChI is InChI=1S/C35H37FN4O5/c1-22(2)25-6-4-23(5-7-25)12-16-39-34(41)35(42)40-26-8-9-31(28(36)18-26)45-30-13-17-38-29-20-33(32(43-3)19-27(29)30)44-21-24-10-14-37-15-11-24/h4-9,13,17-20,24,37H,1,10-12,14-16,21H2,2-3H3,(H,39,41)(H,40,42). The van der Waals surface area contributed by atoms with Crippen molar-refractivity contribution in [2.24, 2.45) is 5.92 Å². The number of nitrogens with zero attached hydrogens (tertiary/aromatic N) is 1. The van der Waals surface area contributed by atoms with E-state index in [2.05, 4.69) is 27.5 Å². The third-order valence-corrected chi connectivity index (χ3v) is 7.68. The van der Waals surface area contributed by atoms with Crippen molar-refractivity contribution in [2.75, 3.05) is 38.7 Å². The van der Waals surface area contributed by atoms with E-state index >= 15 is 4.39 Å². The monoisotopic (exact) mass is 612 g/mol. The molecule has 2 heterocycles. The van der Waals surface area contributed by atoms with Crippen LogP contribution in [0.5, 0.6) is 23.0 Å². The van der Waals surface area contributed by atoms with Crippen molar-refractivity contribution in [1.82, 2.24) is 15.6 Å². The van der Waals surface area contributed by atoms with Crippen LogP contribution in [0.15, 0.2) is 73.4 Å². The summed E-state index contributed by atoms with van der Waals surface area (Å²) in [4.78, 5) is 29.2. The van der Waals surface area contributed by atoms with Gasteiger partial charge in [0.25, 0.3) is 0 Å². The van der Waals surface area contributed by atoms with Gasteiger partial charge in [-0.05, 0) is 80.6 Å². The van der Waals surface area contributed by atoms with Gasteiger partial charge in [0.05, 0.1) is 19.2 Å². The predicted octanol–water partition coefficient (Wildman–Crippen LogP) is 5.88. The van der Waals surface area contributed by atoms with Crippen molar-refractivity contribution in [1.29, 1.82) is 0 Å². The summed E-state index contributed by atoms with van der Waals surface area (Å²) in [7, 11) is 1.56. The van der Waals surface area contributed by atoms with Crippen molar-refractivity contribution in [3.05, 3.63) is 90.4 Å². The van der Waals surface area contributed by atoms with Crippen LogP contribution in [-0.2, 0) is 16.0 Å². The smallest absolute Gasteiger partial charge is 0.313 e. The molecular formula is C35H37FN4O5. The van der Waals surface area contributed by atoms with Gasteiger partial charge in [0.2, 0.25) is 0 Å². The summed E-state index contributed by atoms with van der Waals surface area (Å²) in [6, 6.07) is 17.0. The number of hydrogen-bond donors (Lipinski definition) is 3. The molecule has 1 fully saturated rings. The zero-order chi connectivity index (χ0) is 31.8. The summed E-state index contributed by atoms with van der Waals surface area (Å²) in [6.07, 6.45) is 4.24. The Kier molecular flexibility index (Phi) is 10.3. The number of allylic oxidation sites excluding steroid dienone is 1. The van der Waals surface area contributed by atoms with Gasteiger partial charge in [-0.1, -0.05) is 36.4 Å². The maximum Gasteiger partial charge on any atom is 0.313 e. The summed E-state index contributed by atoms with van der Waals surface area (Å²) < 4.78 is 32.7. The first-order valence-corrected chi connectivity index (χ1v) is 14.9. The fraction of sp³-hybridized carbons (Fsp3) is 0.286. The van der Waals surface area contributed by atoms with E-state index in [4.69, 9.17) is 14.2 Å². The Balaban J connectivity index is 1.19. The van der Waals surface area contributed by atoms with Crippen molar-refractivity contribution < 1.29 is 28.2 Å². The summed E-state index contributed by atoms with van der Waals surface area (Å²) in [6.45, 7) is 8.67. The number of hydrogen-bond acceptors (Lipinski definition) is 7. The first-order valence-electron chi connectivity index (χ1n) is 14.9. The Morgan fingerprint density at radius 2 is 1.76 bits per heavy atom. The number of benzene rings is 3. The number of halogens is 1. The average Bonchev–Trinajstić information content (AvgIpc) is 3.05. The van der Waals surface area contributed by atoms with E-state index < -0.39 is 17.6 Å². The van der Waals surface area contributed by atoms with E-state index in [1.54, 1.807) is 31.5 Å². The van der Waals surface area contributed by atoms with Crippen molar-refractivity contribution >= 4 is 34.0 Å². The molecule has 1 aromatic heterocycles. The Morgan fingerprint density at radius 1 is 0.978 bits per heavy atom. The number of carbonyl (C=O) groups is 2. The topological polar surface area (TPSA) is 111 Å². The largest absolute Gasteiger partial charge is 0.493 e. The minimum absolute atomic E-state index is 0.0622. The molecular weight excluding hydrogens is 575 g/mol. The first kappa shape index (κ1) is 31.5. The molecule has 4 aromatic rings. The number of anilines is 1. The Morgan fingerprint density at radius 3 is 2.47 bits per heavy atom. The molecule has 5 rings (SSSR count). The molecule has 1 aliphatic heterocycles. The van der Waals surface area contributed by atoms with Crippen LogP contribution in [0.25, 0.3) is 16.5 Å². The van der Waals surface area contributed by atoms with Crippen LogP contribution < -0.4 is 30.2 Å². The number of carbonyl (C=O) groups excluding carboxylic acids is 2. The number of methoxy groups -OCH3 is 1. The number of fused-ring (bicyclic) bond motifs is 1. The average molecular weight is 613 g/mol. The van der Waals surface area contributed by atoms with Gasteiger partial charge in [0, 0.05) is 35.9 Å². The van der Waals surface area contributed by atoms with Crippen molar-refractivity contribution in [3.63, 3.8) is 0 Å². The highest BCUT2D eigenvalue weighted by Gasteiger charge is 2.18. The molecule has 2 amide bonds. The highest BCUT2D eigenvalue weighted by molar-refractivity contribution is 6.39. The Labute approximate surface area is 261 Å².